The molecule has 3 heteroatoms. The summed E-state index contributed by atoms with van der Waals surface area (Å²) < 4.78 is 8.67. The lowest BCUT2D eigenvalue weighted by Crippen LogP contribution is -2.09. The van der Waals surface area contributed by atoms with Gasteiger partial charge < -0.3 is 13.9 Å². The summed E-state index contributed by atoms with van der Waals surface area (Å²) in [6, 6.07) is 83.0. The highest BCUT2D eigenvalue weighted by atomic mass is 16.3. The molecule has 0 spiro atoms. The van der Waals surface area contributed by atoms with Crippen LogP contribution in [0.15, 0.2) is 235 Å². The number of fused-ring (bicyclic) bond motifs is 7. The van der Waals surface area contributed by atoms with Crippen LogP contribution < -0.4 is 4.90 Å². The number of para-hydroxylation sites is 3. The number of benzene rings is 10. The zero-order valence-corrected chi connectivity index (χ0v) is 33.2. The summed E-state index contributed by atoms with van der Waals surface area (Å²) in [5.41, 5.74) is 15.6. The van der Waals surface area contributed by atoms with Gasteiger partial charge in [0, 0.05) is 44.3 Å². The van der Waals surface area contributed by atoms with E-state index in [1.165, 1.54) is 49.3 Å². The van der Waals surface area contributed by atoms with Crippen molar-refractivity contribution in [2.24, 2.45) is 0 Å². The Morgan fingerprint density at radius 2 is 0.869 bits per heavy atom. The minimum atomic E-state index is 0.900. The number of hydrogen-bond donors (Lipinski definition) is 0. The Morgan fingerprint density at radius 3 is 1.61 bits per heavy atom. The Kier molecular flexibility index (Phi) is 8.17. The van der Waals surface area contributed by atoms with Crippen LogP contribution in [0.25, 0.3) is 93.6 Å². The summed E-state index contributed by atoms with van der Waals surface area (Å²) in [4.78, 5) is 2.36. The summed E-state index contributed by atoms with van der Waals surface area (Å²) in [5, 5.41) is 7.23. The fraction of sp³-hybridized carbons (Fsp3) is 0. The lowest BCUT2D eigenvalue weighted by molar-refractivity contribution is 0.669. The van der Waals surface area contributed by atoms with E-state index in [0.29, 0.717) is 0 Å². The Hall–Kier alpha value is -8.14. The molecular formula is C58H38N2O. The Bertz CT molecular complexity index is 3540. The van der Waals surface area contributed by atoms with Crippen molar-refractivity contribution < 1.29 is 4.42 Å². The van der Waals surface area contributed by atoms with Crippen LogP contribution in [0.2, 0.25) is 0 Å². The average Bonchev–Trinajstić information content (AvgIpc) is 3.88. The zero-order chi connectivity index (χ0) is 40.3. The molecular weight excluding hydrogens is 741 g/mol. The van der Waals surface area contributed by atoms with E-state index in [2.05, 4.69) is 228 Å². The van der Waals surface area contributed by atoms with E-state index in [1.54, 1.807) is 0 Å². The Morgan fingerprint density at radius 1 is 0.311 bits per heavy atom. The van der Waals surface area contributed by atoms with Crippen LogP contribution in [-0.4, -0.2) is 4.57 Å². The van der Waals surface area contributed by atoms with Crippen LogP contribution in [0.3, 0.4) is 0 Å². The molecule has 0 bridgehead atoms. The van der Waals surface area contributed by atoms with Gasteiger partial charge in [0.1, 0.15) is 11.2 Å². The number of aromatic nitrogens is 1. The molecule has 3 nitrogen and oxygen atoms in total. The first-order chi connectivity index (χ1) is 30.2. The molecule has 0 saturated heterocycles. The summed E-state index contributed by atoms with van der Waals surface area (Å²) in [6.45, 7) is 0. The van der Waals surface area contributed by atoms with Crippen molar-refractivity contribution >= 4 is 71.6 Å². The summed E-state index contributed by atoms with van der Waals surface area (Å²) >= 11 is 0. The van der Waals surface area contributed by atoms with Crippen LogP contribution in [0, 0.1) is 0 Å². The Balaban J connectivity index is 0.914. The standard InChI is InChI=1S/C58H38N2O/c1-2-13-42-37-48(34-26-39(42)12-1)59(45-30-24-40(25-31-45)43-14-11-15-47(36-43)60-55-21-8-5-18-51(55)52-19-6-9-22-56(52)60)46-32-27-41(28-33-46)49-16-3-4-17-50(49)44-29-35-54-53-20-7-10-23-57(53)61-58(54)38-44/h1-38H. The second-order valence-electron chi connectivity index (χ2n) is 15.7. The van der Waals surface area contributed by atoms with Gasteiger partial charge in [-0.15, -0.1) is 0 Å². The molecule has 0 fully saturated rings. The first kappa shape index (κ1) is 34.9. The summed E-state index contributed by atoms with van der Waals surface area (Å²) in [5.74, 6) is 0. The van der Waals surface area contributed by atoms with Gasteiger partial charge in [0.05, 0.1) is 11.0 Å². The van der Waals surface area contributed by atoms with E-state index in [9.17, 15) is 0 Å². The molecule has 0 radical (unpaired) electrons. The monoisotopic (exact) mass is 778 g/mol. The minimum Gasteiger partial charge on any atom is -0.456 e. The SMILES string of the molecule is c1cc(-c2ccc(N(c3ccc(-c4ccccc4-c4ccc5c(c4)oc4ccccc45)cc3)c3ccc4ccccc4c3)cc2)cc(-n2c3ccccc3c3ccccc32)c1. The number of rotatable bonds is 7. The summed E-state index contributed by atoms with van der Waals surface area (Å²) in [7, 11) is 0. The third kappa shape index (κ3) is 5.98. The molecule has 0 aliphatic heterocycles. The molecule has 0 aliphatic carbocycles. The smallest absolute Gasteiger partial charge is 0.136 e. The molecule has 2 heterocycles. The fourth-order valence-electron chi connectivity index (χ4n) is 9.26. The van der Waals surface area contributed by atoms with Crippen LogP contribution in [-0.2, 0) is 0 Å². The molecule has 12 rings (SSSR count). The number of anilines is 3. The van der Waals surface area contributed by atoms with E-state index in [4.69, 9.17) is 4.42 Å². The van der Waals surface area contributed by atoms with Crippen molar-refractivity contribution in [3.05, 3.63) is 231 Å². The maximum atomic E-state index is 6.29. The molecule has 286 valence electrons. The second-order valence-corrected chi connectivity index (χ2v) is 15.7. The maximum absolute atomic E-state index is 6.29. The van der Waals surface area contributed by atoms with Crippen molar-refractivity contribution in [2.75, 3.05) is 4.90 Å². The van der Waals surface area contributed by atoms with Gasteiger partial charge in [0.15, 0.2) is 0 Å². The predicted molar refractivity (Wildman–Crippen MR) is 257 cm³/mol. The van der Waals surface area contributed by atoms with Crippen LogP contribution in [0.4, 0.5) is 17.1 Å². The molecule has 0 amide bonds. The molecule has 12 aromatic rings. The van der Waals surface area contributed by atoms with E-state index < -0.39 is 0 Å². The average molecular weight is 779 g/mol. The molecule has 0 atom stereocenters. The third-order valence-corrected chi connectivity index (χ3v) is 12.2. The molecule has 0 N–H and O–H groups in total. The van der Waals surface area contributed by atoms with Crippen LogP contribution >= 0.6 is 0 Å². The highest BCUT2D eigenvalue weighted by Gasteiger charge is 2.17. The number of furan rings is 1. The van der Waals surface area contributed by atoms with E-state index >= 15 is 0 Å². The topological polar surface area (TPSA) is 21.3 Å². The number of nitrogens with zero attached hydrogens (tertiary/aromatic N) is 2. The molecule has 0 unspecified atom stereocenters. The van der Waals surface area contributed by atoms with Crippen molar-refractivity contribution in [1.29, 1.82) is 0 Å². The molecule has 0 saturated carbocycles. The zero-order valence-electron chi connectivity index (χ0n) is 33.2. The highest BCUT2D eigenvalue weighted by molar-refractivity contribution is 6.09. The van der Waals surface area contributed by atoms with Crippen molar-refractivity contribution in [1.82, 2.24) is 4.57 Å². The van der Waals surface area contributed by atoms with Gasteiger partial charge in [0.2, 0.25) is 0 Å². The first-order valence-corrected chi connectivity index (χ1v) is 20.8. The quantitative estimate of drug-likeness (QED) is 0.161. The predicted octanol–water partition coefficient (Wildman–Crippen LogP) is 16.3. The minimum absolute atomic E-state index is 0.900. The van der Waals surface area contributed by atoms with Gasteiger partial charge in [-0.25, -0.2) is 0 Å². The van der Waals surface area contributed by atoms with Gasteiger partial charge >= 0.3 is 0 Å². The second kappa shape index (κ2) is 14.3. The van der Waals surface area contributed by atoms with E-state index in [-0.39, 0.29) is 0 Å². The molecule has 10 aromatic carbocycles. The third-order valence-electron chi connectivity index (χ3n) is 12.2. The van der Waals surface area contributed by atoms with Crippen LogP contribution in [0.5, 0.6) is 0 Å². The highest BCUT2D eigenvalue weighted by Crippen LogP contribution is 2.41. The van der Waals surface area contributed by atoms with Crippen LogP contribution in [0.1, 0.15) is 0 Å². The normalized spacial score (nSPS) is 11.6. The fourth-order valence-corrected chi connectivity index (χ4v) is 9.26. The van der Waals surface area contributed by atoms with Crippen molar-refractivity contribution in [2.45, 2.75) is 0 Å². The summed E-state index contributed by atoms with van der Waals surface area (Å²) in [6.07, 6.45) is 0. The maximum Gasteiger partial charge on any atom is 0.136 e. The van der Waals surface area contributed by atoms with Gasteiger partial charge in [-0.2, -0.15) is 0 Å². The van der Waals surface area contributed by atoms with E-state index in [1.807, 2.05) is 12.1 Å². The first-order valence-electron chi connectivity index (χ1n) is 20.8. The molecule has 0 aliphatic rings. The van der Waals surface area contributed by atoms with Crippen molar-refractivity contribution in [3.8, 4) is 39.1 Å². The Labute approximate surface area is 353 Å². The lowest BCUT2D eigenvalue weighted by Gasteiger charge is -2.26. The van der Waals surface area contributed by atoms with Gasteiger partial charge in [-0.1, -0.05) is 152 Å². The van der Waals surface area contributed by atoms with Crippen molar-refractivity contribution in [3.63, 3.8) is 0 Å². The lowest BCUT2D eigenvalue weighted by atomic mass is 9.94. The van der Waals surface area contributed by atoms with Gasteiger partial charge in [-0.3, -0.25) is 0 Å². The molecule has 2 aromatic heterocycles. The number of hydrogen-bond acceptors (Lipinski definition) is 2. The van der Waals surface area contributed by atoms with E-state index in [0.717, 1.165) is 61.4 Å². The van der Waals surface area contributed by atoms with Gasteiger partial charge in [-0.05, 0) is 123 Å². The van der Waals surface area contributed by atoms with Gasteiger partial charge in [0.25, 0.3) is 0 Å². The molecule has 61 heavy (non-hydrogen) atoms. The largest absolute Gasteiger partial charge is 0.456 e.